The standard InChI is InChI=1S/C10H16N6O/c11-6-2-1-3-16(5-6)7-4-14-8(10(13)17)9(12)15-7/h4,6H,1-3,5,11H2,(H2,12,15)(H2,13,17)/t6-/m1/s1. The van der Waals surface area contributed by atoms with Gasteiger partial charge in [-0.15, -0.1) is 0 Å². The Hall–Kier alpha value is -1.89. The van der Waals surface area contributed by atoms with Crippen LogP contribution >= 0.6 is 0 Å². The van der Waals surface area contributed by atoms with Crippen LogP contribution in [0.4, 0.5) is 11.6 Å². The van der Waals surface area contributed by atoms with Crippen molar-refractivity contribution in [3.63, 3.8) is 0 Å². The topological polar surface area (TPSA) is 124 Å². The van der Waals surface area contributed by atoms with Gasteiger partial charge in [0.15, 0.2) is 11.5 Å². The molecule has 7 heteroatoms. The maximum atomic E-state index is 11.0. The zero-order valence-corrected chi connectivity index (χ0v) is 9.47. The maximum absolute atomic E-state index is 11.0. The van der Waals surface area contributed by atoms with Crippen LogP contribution < -0.4 is 22.1 Å². The third-order valence-corrected chi connectivity index (χ3v) is 2.80. The summed E-state index contributed by atoms with van der Waals surface area (Å²) in [5.74, 6) is 0.0358. The molecule has 6 N–H and O–H groups in total. The number of nitrogen functional groups attached to an aromatic ring is 1. The van der Waals surface area contributed by atoms with Crippen LogP contribution in [-0.4, -0.2) is 35.0 Å². The molecule has 1 atom stereocenters. The van der Waals surface area contributed by atoms with Crippen LogP contribution in [0.1, 0.15) is 23.3 Å². The number of nitrogens with zero attached hydrogens (tertiary/aromatic N) is 3. The van der Waals surface area contributed by atoms with E-state index in [4.69, 9.17) is 17.2 Å². The lowest BCUT2D eigenvalue weighted by molar-refractivity contribution is 0.0996. The molecule has 0 spiro atoms. The molecule has 0 unspecified atom stereocenters. The first-order valence-electron chi connectivity index (χ1n) is 5.51. The quantitative estimate of drug-likeness (QED) is 0.610. The molecule has 1 aromatic rings. The van der Waals surface area contributed by atoms with Gasteiger partial charge in [-0.25, -0.2) is 9.97 Å². The molecule has 0 aromatic carbocycles. The number of rotatable bonds is 2. The summed E-state index contributed by atoms with van der Waals surface area (Å²) in [4.78, 5) is 21.1. The predicted octanol–water partition coefficient (Wildman–Crippen LogP) is -0.915. The molecule has 1 amide bonds. The highest BCUT2D eigenvalue weighted by molar-refractivity contribution is 5.95. The minimum absolute atomic E-state index is 0.00931. The normalized spacial score (nSPS) is 20.3. The van der Waals surface area contributed by atoms with E-state index >= 15 is 0 Å². The van der Waals surface area contributed by atoms with Gasteiger partial charge < -0.3 is 22.1 Å². The summed E-state index contributed by atoms with van der Waals surface area (Å²) in [5.41, 5.74) is 16.6. The first kappa shape index (κ1) is 11.6. The molecule has 0 radical (unpaired) electrons. The van der Waals surface area contributed by atoms with E-state index in [1.807, 2.05) is 4.90 Å². The molecule has 1 aliphatic rings. The second-order valence-corrected chi connectivity index (χ2v) is 4.17. The Balaban J connectivity index is 2.22. The molecule has 1 aromatic heterocycles. The van der Waals surface area contributed by atoms with Crippen molar-refractivity contribution in [1.82, 2.24) is 9.97 Å². The highest BCUT2D eigenvalue weighted by Crippen LogP contribution is 2.18. The van der Waals surface area contributed by atoms with Gasteiger partial charge in [-0.3, -0.25) is 4.79 Å². The second-order valence-electron chi connectivity index (χ2n) is 4.17. The van der Waals surface area contributed by atoms with Crippen LogP contribution in [0.2, 0.25) is 0 Å². The Morgan fingerprint density at radius 1 is 1.53 bits per heavy atom. The zero-order valence-electron chi connectivity index (χ0n) is 9.47. The highest BCUT2D eigenvalue weighted by Gasteiger charge is 2.19. The van der Waals surface area contributed by atoms with Crippen LogP contribution in [0.25, 0.3) is 0 Å². The molecule has 17 heavy (non-hydrogen) atoms. The fraction of sp³-hybridized carbons (Fsp3) is 0.500. The Morgan fingerprint density at radius 3 is 2.88 bits per heavy atom. The summed E-state index contributed by atoms with van der Waals surface area (Å²) in [6.07, 6.45) is 3.54. The van der Waals surface area contributed by atoms with E-state index in [-0.39, 0.29) is 17.6 Å². The monoisotopic (exact) mass is 236 g/mol. The van der Waals surface area contributed by atoms with E-state index in [0.29, 0.717) is 5.82 Å². The van der Waals surface area contributed by atoms with Gasteiger partial charge in [0.25, 0.3) is 5.91 Å². The van der Waals surface area contributed by atoms with Crippen LogP contribution in [0.15, 0.2) is 6.20 Å². The number of carbonyl (C=O) groups is 1. The largest absolute Gasteiger partial charge is 0.382 e. The molecular weight excluding hydrogens is 220 g/mol. The summed E-state index contributed by atoms with van der Waals surface area (Å²) in [6, 6.07) is 0.141. The van der Waals surface area contributed by atoms with Crippen LogP contribution in [0, 0.1) is 0 Å². The van der Waals surface area contributed by atoms with Gasteiger partial charge in [0.05, 0.1) is 6.20 Å². The summed E-state index contributed by atoms with van der Waals surface area (Å²) < 4.78 is 0. The second kappa shape index (κ2) is 4.54. The minimum atomic E-state index is -0.670. The first-order valence-corrected chi connectivity index (χ1v) is 5.51. The molecule has 1 saturated heterocycles. The number of nitrogens with two attached hydrogens (primary N) is 3. The van der Waals surface area contributed by atoms with Crippen molar-refractivity contribution >= 4 is 17.5 Å². The van der Waals surface area contributed by atoms with Gasteiger partial charge >= 0.3 is 0 Å². The van der Waals surface area contributed by atoms with Gasteiger partial charge in [-0.2, -0.15) is 0 Å². The van der Waals surface area contributed by atoms with Gasteiger partial charge in [-0.05, 0) is 12.8 Å². The van der Waals surface area contributed by atoms with Crippen LogP contribution in [0.3, 0.4) is 0 Å². The van der Waals surface area contributed by atoms with Crippen LogP contribution in [0.5, 0.6) is 0 Å². The number of piperidine rings is 1. The van der Waals surface area contributed by atoms with E-state index < -0.39 is 5.91 Å². The SMILES string of the molecule is NC(=O)c1ncc(N2CCC[C@@H](N)C2)nc1N. The van der Waals surface area contributed by atoms with Gasteiger partial charge in [-0.1, -0.05) is 0 Å². The fourth-order valence-electron chi connectivity index (χ4n) is 1.95. The number of primary amides is 1. The van der Waals surface area contributed by atoms with Crippen molar-refractivity contribution in [2.75, 3.05) is 23.7 Å². The lowest BCUT2D eigenvalue weighted by Gasteiger charge is -2.31. The number of carbonyl (C=O) groups excluding carboxylic acids is 1. The minimum Gasteiger partial charge on any atom is -0.382 e. The number of amides is 1. The van der Waals surface area contributed by atoms with Gasteiger partial charge in [0, 0.05) is 19.1 Å². The summed E-state index contributed by atoms with van der Waals surface area (Å²) >= 11 is 0. The molecule has 0 saturated carbocycles. The molecule has 2 heterocycles. The van der Waals surface area contributed by atoms with E-state index in [9.17, 15) is 4.79 Å². The third-order valence-electron chi connectivity index (χ3n) is 2.80. The Bertz CT molecular complexity index is 435. The maximum Gasteiger partial charge on any atom is 0.271 e. The Morgan fingerprint density at radius 2 is 2.29 bits per heavy atom. The fourth-order valence-corrected chi connectivity index (χ4v) is 1.95. The predicted molar refractivity (Wildman–Crippen MR) is 64.4 cm³/mol. The Labute approximate surface area is 99.0 Å². The van der Waals surface area contributed by atoms with E-state index in [0.717, 1.165) is 25.9 Å². The lowest BCUT2D eigenvalue weighted by Crippen LogP contribution is -2.43. The van der Waals surface area contributed by atoms with E-state index in [1.54, 1.807) is 0 Å². The van der Waals surface area contributed by atoms with Crippen molar-refractivity contribution in [1.29, 1.82) is 0 Å². The van der Waals surface area contributed by atoms with Crippen molar-refractivity contribution in [2.45, 2.75) is 18.9 Å². The molecule has 1 aliphatic heterocycles. The third kappa shape index (κ3) is 2.44. The average Bonchev–Trinajstić information content (AvgIpc) is 2.28. The summed E-state index contributed by atoms with van der Waals surface area (Å²) in [5, 5.41) is 0. The molecule has 1 fully saturated rings. The van der Waals surface area contributed by atoms with Crippen molar-refractivity contribution < 1.29 is 4.79 Å². The first-order chi connectivity index (χ1) is 8.08. The molecule has 92 valence electrons. The molecular formula is C10H16N6O. The van der Waals surface area contributed by atoms with E-state index in [1.165, 1.54) is 6.20 Å². The molecule has 0 aliphatic carbocycles. The van der Waals surface area contributed by atoms with E-state index in [2.05, 4.69) is 9.97 Å². The van der Waals surface area contributed by atoms with Crippen LogP contribution in [-0.2, 0) is 0 Å². The summed E-state index contributed by atoms with van der Waals surface area (Å²) in [7, 11) is 0. The molecule has 7 nitrogen and oxygen atoms in total. The van der Waals surface area contributed by atoms with Gasteiger partial charge in [0.2, 0.25) is 0 Å². The van der Waals surface area contributed by atoms with Gasteiger partial charge in [0.1, 0.15) is 5.82 Å². The number of aromatic nitrogens is 2. The Kier molecular flexibility index (Phi) is 3.10. The number of hydrogen-bond acceptors (Lipinski definition) is 6. The average molecular weight is 236 g/mol. The number of hydrogen-bond donors (Lipinski definition) is 3. The van der Waals surface area contributed by atoms with Crippen molar-refractivity contribution in [2.24, 2.45) is 11.5 Å². The van der Waals surface area contributed by atoms with Crippen molar-refractivity contribution in [3.05, 3.63) is 11.9 Å². The number of anilines is 2. The molecule has 0 bridgehead atoms. The molecule has 2 rings (SSSR count). The summed E-state index contributed by atoms with van der Waals surface area (Å²) in [6.45, 7) is 1.60. The lowest BCUT2D eigenvalue weighted by atomic mass is 10.1. The highest BCUT2D eigenvalue weighted by atomic mass is 16.1. The smallest absolute Gasteiger partial charge is 0.271 e. The van der Waals surface area contributed by atoms with Crippen molar-refractivity contribution in [3.8, 4) is 0 Å². The zero-order chi connectivity index (χ0) is 12.4.